The molecule has 6 heterocycles. The summed E-state index contributed by atoms with van der Waals surface area (Å²) in [4.78, 5) is 39.5. The molecule has 17 nitrogen and oxygen atoms in total. The van der Waals surface area contributed by atoms with E-state index in [2.05, 4.69) is 85.2 Å². The molecule has 62 heavy (non-hydrogen) atoms. The minimum Gasteiger partial charge on any atom is -0.351 e. The molecule has 0 spiro atoms. The molecule has 0 unspecified atom stereocenters. The zero-order valence-electron chi connectivity index (χ0n) is 33.2. The largest absolute Gasteiger partial charge is 0.351 e. The minimum atomic E-state index is -0.239. The van der Waals surface area contributed by atoms with Gasteiger partial charge < -0.3 is 10.6 Å². The summed E-state index contributed by atoms with van der Waals surface area (Å²) in [5.41, 5.74) is 6.28. The third-order valence-electron chi connectivity index (χ3n) is 8.91. The van der Waals surface area contributed by atoms with E-state index >= 15 is 0 Å². The van der Waals surface area contributed by atoms with Gasteiger partial charge in [-0.2, -0.15) is 10.2 Å². The number of tetrazole rings is 1. The summed E-state index contributed by atoms with van der Waals surface area (Å²) >= 11 is 2.90. The maximum absolute atomic E-state index is 13.3. The van der Waals surface area contributed by atoms with E-state index in [9.17, 15) is 9.59 Å². The van der Waals surface area contributed by atoms with Crippen molar-refractivity contribution in [1.82, 2.24) is 75.6 Å². The van der Waals surface area contributed by atoms with E-state index in [1.54, 1.807) is 82.5 Å². The van der Waals surface area contributed by atoms with E-state index in [1.807, 2.05) is 55.6 Å². The molecule has 0 saturated carbocycles. The maximum atomic E-state index is 13.3. The van der Waals surface area contributed by atoms with Gasteiger partial charge in [0.05, 0.1) is 34.4 Å². The molecule has 306 valence electrons. The second kappa shape index (κ2) is 19.5. The normalized spacial score (nSPS) is 10.7. The Morgan fingerprint density at radius 2 is 1.50 bits per heavy atom. The van der Waals surface area contributed by atoms with E-state index in [-0.39, 0.29) is 11.8 Å². The number of amides is 2. The third-order valence-corrected chi connectivity index (χ3v) is 10.8. The van der Waals surface area contributed by atoms with Crippen LogP contribution in [0, 0.1) is 30.6 Å². The van der Waals surface area contributed by atoms with Gasteiger partial charge in [-0.1, -0.05) is 47.2 Å². The molecule has 2 amide bonds. The predicted molar refractivity (Wildman–Crippen MR) is 233 cm³/mol. The first-order valence-corrected chi connectivity index (χ1v) is 21.0. The lowest BCUT2D eigenvalue weighted by Gasteiger charge is -2.12. The second-order valence-corrected chi connectivity index (χ2v) is 15.4. The van der Waals surface area contributed by atoms with Crippen LogP contribution in [0.2, 0.25) is 0 Å². The number of carbonyl (C=O) groups excluding carboxylic acids is 2. The molecule has 0 bridgehead atoms. The summed E-state index contributed by atoms with van der Waals surface area (Å²) in [6.07, 6.45) is 12.0. The Kier molecular flexibility index (Phi) is 12.8. The number of aryl methyl sites for hydroxylation is 2. The van der Waals surface area contributed by atoms with Crippen LogP contribution in [-0.4, -0.2) is 101 Å². The van der Waals surface area contributed by atoms with Gasteiger partial charge >= 0.3 is 0 Å². The van der Waals surface area contributed by atoms with Crippen molar-refractivity contribution in [2.45, 2.75) is 17.2 Å². The highest BCUT2D eigenvalue weighted by molar-refractivity contribution is 7.99. The quantitative estimate of drug-likeness (QED) is 0.0842. The molecule has 0 saturated heterocycles. The number of H-pyrrole nitrogens is 1. The van der Waals surface area contributed by atoms with Crippen molar-refractivity contribution in [3.05, 3.63) is 149 Å². The van der Waals surface area contributed by atoms with Crippen LogP contribution in [0.5, 0.6) is 0 Å². The van der Waals surface area contributed by atoms with Gasteiger partial charge in [0.1, 0.15) is 5.82 Å². The molecular formula is C43H35N15O2S2. The monoisotopic (exact) mass is 857 g/mol. The molecule has 0 aliphatic heterocycles. The van der Waals surface area contributed by atoms with Crippen molar-refractivity contribution in [2.75, 3.05) is 24.6 Å². The molecule has 2 aromatic carbocycles. The lowest BCUT2D eigenvalue weighted by atomic mass is 10.1. The predicted octanol–water partition coefficient (Wildman–Crippen LogP) is 4.31. The molecule has 8 aromatic rings. The number of carbonyl (C=O) groups is 2. The fraction of sp³-hybridized carbons (Fsp3) is 0.140. The van der Waals surface area contributed by atoms with E-state index in [0.29, 0.717) is 74.1 Å². The van der Waals surface area contributed by atoms with Gasteiger partial charge in [0.15, 0.2) is 0 Å². The summed E-state index contributed by atoms with van der Waals surface area (Å²) in [6, 6.07) is 20.0. The molecule has 3 N–H and O–H groups in total. The molecule has 0 fully saturated rings. The van der Waals surface area contributed by atoms with Crippen molar-refractivity contribution in [3.8, 4) is 46.3 Å². The lowest BCUT2D eigenvalue weighted by molar-refractivity contribution is 0.0948. The highest BCUT2D eigenvalue weighted by atomic mass is 32.2. The molecule has 19 heteroatoms. The van der Waals surface area contributed by atoms with E-state index < -0.39 is 0 Å². The molecule has 6 aromatic heterocycles. The lowest BCUT2D eigenvalue weighted by Crippen LogP contribution is -2.26. The zero-order chi connectivity index (χ0) is 42.7. The fourth-order valence-electron chi connectivity index (χ4n) is 5.98. The van der Waals surface area contributed by atoms with E-state index in [0.717, 1.165) is 22.6 Å². The Morgan fingerprint density at radius 1 is 0.758 bits per heavy atom. The molecular weight excluding hydrogens is 823 g/mol. The number of aromatic amines is 1. The van der Waals surface area contributed by atoms with Gasteiger partial charge in [0.2, 0.25) is 10.3 Å². The SMILES string of the molecule is Cc1nc(SCCNC(=O)c2ccc(-n3nccc3-c3cncc(C#Cc4cc(C(=O)NCCSc5nnnn5C)ccc4-n4cccn4)c3)c(C#Cc3cccnc3)c2)n[nH]1. The van der Waals surface area contributed by atoms with Gasteiger partial charge in [-0.3, -0.25) is 24.7 Å². The van der Waals surface area contributed by atoms with Crippen LogP contribution in [0.4, 0.5) is 0 Å². The van der Waals surface area contributed by atoms with Gasteiger partial charge in [0.25, 0.3) is 11.8 Å². The van der Waals surface area contributed by atoms with Gasteiger partial charge in [0, 0.05) is 96.6 Å². The Hall–Kier alpha value is -7.87. The summed E-state index contributed by atoms with van der Waals surface area (Å²) in [5.74, 6) is 14.4. The molecule has 0 atom stereocenters. The molecule has 0 aliphatic rings. The number of hydrogen-bond donors (Lipinski definition) is 3. The van der Waals surface area contributed by atoms with E-state index in [1.165, 1.54) is 23.5 Å². The first-order valence-electron chi connectivity index (χ1n) is 19.0. The van der Waals surface area contributed by atoms with Crippen molar-refractivity contribution in [3.63, 3.8) is 0 Å². The number of hydrogen-bond acceptors (Lipinski definition) is 13. The number of aromatic nitrogens is 13. The highest BCUT2D eigenvalue weighted by Crippen LogP contribution is 2.26. The van der Waals surface area contributed by atoms with Crippen LogP contribution in [0.15, 0.2) is 120 Å². The van der Waals surface area contributed by atoms with Crippen LogP contribution in [0.1, 0.15) is 48.8 Å². The Labute approximate surface area is 363 Å². The molecule has 0 aliphatic carbocycles. The summed E-state index contributed by atoms with van der Waals surface area (Å²) in [5, 5.41) is 34.7. The summed E-state index contributed by atoms with van der Waals surface area (Å²) in [6.45, 7) is 2.67. The number of thioether (sulfide) groups is 2. The standard InChI is InChI=1S/C43H35N15O2S2/c1-29-50-42(52-51-29)61-21-18-46-41(60)35-11-13-38(33(25-35)8-6-30-5-3-15-44-26-30)58-39(14-17-49-58)36-23-31(27-45-28-36)7-9-32-24-34(10-12-37(32)57-20-4-16-48-57)40(59)47-19-22-62-43-53-54-55-56(43)2/h3-5,10-17,20,23-28H,18-19,21-22H2,1-2H3,(H,46,60)(H,47,59)(H,50,51,52). The first kappa shape index (κ1) is 40.9. The van der Waals surface area contributed by atoms with Crippen LogP contribution in [0.25, 0.3) is 22.6 Å². The number of pyridine rings is 2. The van der Waals surface area contributed by atoms with Crippen molar-refractivity contribution >= 4 is 35.3 Å². The topological polar surface area (TPSA) is 205 Å². The van der Waals surface area contributed by atoms with Crippen molar-refractivity contribution in [1.29, 1.82) is 0 Å². The Morgan fingerprint density at radius 3 is 2.19 bits per heavy atom. The average Bonchev–Trinajstić information content (AvgIpc) is 4.15. The molecule has 8 rings (SSSR count). The summed E-state index contributed by atoms with van der Waals surface area (Å²) in [7, 11) is 1.76. The number of nitrogens with zero attached hydrogens (tertiary/aromatic N) is 12. The van der Waals surface area contributed by atoms with Crippen molar-refractivity contribution in [2.24, 2.45) is 7.05 Å². The highest BCUT2D eigenvalue weighted by Gasteiger charge is 2.16. The number of rotatable bonds is 13. The van der Waals surface area contributed by atoms with Gasteiger partial charge in [-0.15, -0.1) is 10.2 Å². The minimum absolute atomic E-state index is 0.236. The van der Waals surface area contributed by atoms with Crippen LogP contribution >= 0.6 is 23.5 Å². The average molecular weight is 858 g/mol. The second-order valence-electron chi connectivity index (χ2n) is 13.2. The van der Waals surface area contributed by atoms with Gasteiger partial charge in [-0.05, 0) is 84.1 Å². The first-order chi connectivity index (χ1) is 30.4. The van der Waals surface area contributed by atoms with Gasteiger partial charge in [-0.25, -0.2) is 19.0 Å². The fourth-order valence-corrected chi connectivity index (χ4v) is 7.38. The Balaban J connectivity index is 1.04. The Bertz CT molecular complexity index is 2970. The van der Waals surface area contributed by atoms with Crippen LogP contribution < -0.4 is 10.6 Å². The number of nitrogens with one attached hydrogen (secondary N) is 3. The van der Waals surface area contributed by atoms with Crippen molar-refractivity contribution < 1.29 is 9.59 Å². The molecule has 0 radical (unpaired) electrons. The zero-order valence-corrected chi connectivity index (χ0v) is 34.9. The van der Waals surface area contributed by atoms with Crippen LogP contribution in [0.3, 0.4) is 0 Å². The van der Waals surface area contributed by atoms with E-state index in [4.69, 9.17) is 0 Å². The smallest absolute Gasteiger partial charge is 0.251 e. The summed E-state index contributed by atoms with van der Waals surface area (Å²) < 4.78 is 5.05. The van der Waals surface area contributed by atoms with Crippen LogP contribution in [-0.2, 0) is 7.05 Å². The number of benzene rings is 2. The third kappa shape index (κ3) is 10.1. The maximum Gasteiger partial charge on any atom is 0.251 e.